The highest BCUT2D eigenvalue weighted by Crippen LogP contribution is 2.40. The van der Waals surface area contributed by atoms with E-state index < -0.39 is 17.9 Å². The Morgan fingerprint density at radius 2 is 2.11 bits per heavy atom. The molecule has 0 fully saturated rings. The Morgan fingerprint density at radius 1 is 1.47 bits per heavy atom. The lowest BCUT2D eigenvalue weighted by Crippen LogP contribution is -2.17. The van der Waals surface area contributed by atoms with Crippen LogP contribution in [0.25, 0.3) is 0 Å². The van der Waals surface area contributed by atoms with Gasteiger partial charge in [0.2, 0.25) is 0 Å². The van der Waals surface area contributed by atoms with Crippen LogP contribution in [0.3, 0.4) is 0 Å². The fourth-order valence-corrected chi connectivity index (χ4v) is 1.77. The summed E-state index contributed by atoms with van der Waals surface area (Å²) in [7, 11) is 2.62. The van der Waals surface area contributed by atoms with E-state index in [0.29, 0.717) is 0 Å². The number of hydrogen-bond donors (Lipinski definition) is 1. The maximum atomic E-state index is 14.0. The molecule has 1 aromatic carbocycles. The summed E-state index contributed by atoms with van der Waals surface area (Å²) >= 11 is 5.77. The molecule has 0 radical (unpaired) electrons. The summed E-state index contributed by atoms with van der Waals surface area (Å²) in [4.78, 5) is 11.4. The van der Waals surface area contributed by atoms with Gasteiger partial charge >= 0.3 is 5.97 Å². The van der Waals surface area contributed by atoms with Gasteiger partial charge in [0.05, 0.1) is 20.8 Å². The minimum atomic E-state index is -1.78. The van der Waals surface area contributed by atoms with Crippen LogP contribution in [0.2, 0.25) is 5.02 Å². The molecule has 19 heavy (non-hydrogen) atoms. The van der Waals surface area contributed by atoms with E-state index in [1.165, 1.54) is 14.2 Å². The van der Waals surface area contributed by atoms with Crippen molar-refractivity contribution in [1.29, 1.82) is 0 Å². The van der Waals surface area contributed by atoms with Crippen molar-refractivity contribution in [3.8, 4) is 11.5 Å². The smallest absolute Gasteiger partial charge is 0.339 e. The second kappa shape index (κ2) is 6.58. The number of aliphatic hydroxyl groups excluding tert-OH is 1. The molecule has 0 bridgehead atoms. The fourth-order valence-electron chi connectivity index (χ4n) is 1.49. The number of esters is 1. The molecule has 0 saturated heterocycles. The van der Waals surface area contributed by atoms with Crippen LogP contribution >= 0.6 is 11.6 Å². The SMILES string of the molecule is CCOC(=O)C(O)c1cc(OC)c(OC)c(Cl)c1F. The Labute approximate surface area is 114 Å². The maximum absolute atomic E-state index is 14.0. The molecule has 5 nitrogen and oxygen atoms in total. The van der Waals surface area contributed by atoms with Crippen molar-refractivity contribution in [3.05, 3.63) is 22.5 Å². The number of rotatable bonds is 5. The predicted molar refractivity (Wildman–Crippen MR) is 66.1 cm³/mol. The Balaban J connectivity index is 3.29. The molecule has 1 atom stereocenters. The third-order valence-electron chi connectivity index (χ3n) is 2.38. The first kappa shape index (κ1) is 15.5. The molecule has 106 valence electrons. The van der Waals surface area contributed by atoms with Crippen LogP contribution in [0.15, 0.2) is 6.07 Å². The van der Waals surface area contributed by atoms with Crippen molar-refractivity contribution < 1.29 is 28.5 Å². The van der Waals surface area contributed by atoms with Gasteiger partial charge < -0.3 is 19.3 Å². The molecule has 1 rings (SSSR count). The summed E-state index contributed by atoms with van der Waals surface area (Å²) < 4.78 is 28.5. The van der Waals surface area contributed by atoms with Crippen molar-refractivity contribution in [3.63, 3.8) is 0 Å². The highest BCUT2D eigenvalue weighted by molar-refractivity contribution is 6.32. The van der Waals surface area contributed by atoms with Crippen LogP contribution in [0.5, 0.6) is 11.5 Å². The molecule has 7 heteroatoms. The van der Waals surface area contributed by atoms with Gasteiger partial charge in [-0.3, -0.25) is 0 Å². The monoisotopic (exact) mass is 292 g/mol. The lowest BCUT2D eigenvalue weighted by atomic mass is 10.1. The van der Waals surface area contributed by atoms with Crippen molar-refractivity contribution in [2.45, 2.75) is 13.0 Å². The zero-order valence-electron chi connectivity index (χ0n) is 10.7. The number of carbonyl (C=O) groups excluding carboxylic acids is 1. The van der Waals surface area contributed by atoms with Gasteiger partial charge in [0.25, 0.3) is 0 Å². The van der Waals surface area contributed by atoms with Crippen LogP contribution in [0.1, 0.15) is 18.6 Å². The minimum absolute atomic E-state index is 0.0125. The summed E-state index contributed by atoms with van der Waals surface area (Å²) in [6.45, 7) is 1.64. The molecule has 1 unspecified atom stereocenters. The first-order chi connectivity index (χ1) is 8.97. The molecule has 0 saturated carbocycles. The van der Waals surface area contributed by atoms with E-state index in [1.54, 1.807) is 6.92 Å². The Hall–Kier alpha value is -1.53. The molecule has 1 aromatic rings. The van der Waals surface area contributed by atoms with E-state index in [2.05, 4.69) is 4.74 Å². The molecule has 0 aliphatic rings. The van der Waals surface area contributed by atoms with Crippen LogP contribution in [0.4, 0.5) is 4.39 Å². The second-order valence-electron chi connectivity index (χ2n) is 3.48. The van der Waals surface area contributed by atoms with Gasteiger partial charge in [-0.25, -0.2) is 9.18 Å². The third-order valence-corrected chi connectivity index (χ3v) is 2.72. The maximum Gasteiger partial charge on any atom is 0.339 e. The van der Waals surface area contributed by atoms with Gasteiger partial charge in [0, 0.05) is 5.56 Å². The minimum Gasteiger partial charge on any atom is -0.493 e. The molecule has 0 aliphatic heterocycles. The summed E-state index contributed by atoms with van der Waals surface area (Å²) in [6.07, 6.45) is -1.78. The van der Waals surface area contributed by atoms with E-state index in [9.17, 15) is 14.3 Å². The number of methoxy groups -OCH3 is 2. The number of aliphatic hydroxyl groups is 1. The van der Waals surface area contributed by atoms with Gasteiger partial charge in [-0.1, -0.05) is 11.6 Å². The summed E-state index contributed by atoms with van der Waals surface area (Å²) in [5.41, 5.74) is -0.332. The second-order valence-corrected chi connectivity index (χ2v) is 3.86. The standard InChI is InChI=1S/C12H14ClFO5/c1-4-19-12(16)10(15)6-5-7(17-2)11(18-3)8(13)9(6)14/h5,10,15H,4H2,1-3H3. The van der Waals surface area contributed by atoms with E-state index in [-0.39, 0.29) is 28.7 Å². The van der Waals surface area contributed by atoms with Gasteiger partial charge in [-0.15, -0.1) is 0 Å². The highest BCUT2D eigenvalue weighted by Gasteiger charge is 2.27. The normalized spacial score (nSPS) is 11.9. The first-order valence-electron chi connectivity index (χ1n) is 5.42. The van der Waals surface area contributed by atoms with E-state index >= 15 is 0 Å². The zero-order valence-corrected chi connectivity index (χ0v) is 11.5. The molecule has 0 heterocycles. The summed E-state index contributed by atoms with van der Waals surface area (Å²) in [5.74, 6) is -1.83. The van der Waals surface area contributed by atoms with E-state index in [0.717, 1.165) is 6.07 Å². The fraction of sp³-hybridized carbons (Fsp3) is 0.417. The average molecular weight is 293 g/mol. The largest absolute Gasteiger partial charge is 0.493 e. The van der Waals surface area contributed by atoms with Crippen LogP contribution in [-0.4, -0.2) is 31.9 Å². The van der Waals surface area contributed by atoms with Crippen LogP contribution in [-0.2, 0) is 9.53 Å². The Bertz CT molecular complexity index is 478. The average Bonchev–Trinajstić information content (AvgIpc) is 2.41. The van der Waals surface area contributed by atoms with Crippen molar-refractivity contribution in [2.24, 2.45) is 0 Å². The van der Waals surface area contributed by atoms with Gasteiger partial charge in [0.1, 0.15) is 5.02 Å². The molecule has 0 aromatic heterocycles. The van der Waals surface area contributed by atoms with Gasteiger partial charge in [-0.2, -0.15) is 0 Å². The predicted octanol–water partition coefficient (Wildman–Crippen LogP) is 2.09. The Kier molecular flexibility index (Phi) is 5.38. The number of hydrogen-bond acceptors (Lipinski definition) is 5. The van der Waals surface area contributed by atoms with Gasteiger partial charge in [-0.05, 0) is 13.0 Å². The van der Waals surface area contributed by atoms with Crippen LogP contribution < -0.4 is 9.47 Å². The number of ether oxygens (including phenoxy) is 3. The van der Waals surface area contributed by atoms with Crippen molar-refractivity contribution >= 4 is 17.6 Å². The third kappa shape index (κ3) is 3.08. The molecule has 1 N–H and O–H groups in total. The van der Waals surface area contributed by atoms with Gasteiger partial charge in [0.15, 0.2) is 23.4 Å². The molecular weight excluding hydrogens is 279 g/mol. The number of carbonyl (C=O) groups is 1. The highest BCUT2D eigenvalue weighted by atomic mass is 35.5. The molecule has 0 aliphatic carbocycles. The number of benzene rings is 1. The lowest BCUT2D eigenvalue weighted by Gasteiger charge is -2.16. The Morgan fingerprint density at radius 3 is 2.58 bits per heavy atom. The molecule has 0 amide bonds. The van der Waals surface area contributed by atoms with Crippen molar-refractivity contribution in [1.82, 2.24) is 0 Å². The summed E-state index contributed by atoms with van der Waals surface area (Å²) in [5, 5.41) is 9.36. The first-order valence-corrected chi connectivity index (χ1v) is 5.80. The quantitative estimate of drug-likeness (QED) is 0.842. The molecular formula is C12H14ClFO5. The van der Waals surface area contributed by atoms with Crippen LogP contribution in [0, 0.1) is 5.82 Å². The zero-order chi connectivity index (χ0) is 14.6. The lowest BCUT2D eigenvalue weighted by molar-refractivity contribution is -0.153. The molecule has 0 spiro atoms. The topological polar surface area (TPSA) is 65.0 Å². The van der Waals surface area contributed by atoms with Crippen molar-refractivity contribution in [2.75, 3.05) is 20.8 Å². The number of halogens is 2. The summed E-state index contributed by atoms with van der Waals surface area (Å²) in [6, 6.07) is 1.14. The van der Waals surface area contributed by atoms with E-state index in [1.807, 2.05) is 0 Å². The van der Waals surface area contributed by atoms with E-state index in [4.69, 9.17) is 21.1 Å².